The molecule has 2 aliphatic rings. The lowest BCUT2D eigenvalue weighted by molar-refractivity contribution is -0.00906. The molecule has 0 aromatic carbocycles. The number of amides is 1. The zero-order valence-electron chi connectivity index (χ0n) is 12.8. The summed E-state index contributed by atoms with van der Waals surface area (Å²) in [5.41, 5.74) is -0.271. The van der Waals surface area contributed by atoms with Gasteiger partial charge in [0.25, 0.3) is 0 Å². The lowest BCUT2D eigenvalue weighted by Crippen LogP contribution is -2.63. The van der Waals surface area contributed by atoms with Crippen LogP contribution < -0.4 is 5.32 Å². The molecule has 2 atom stereocenters. The fourth-order valence-electron chi connectivity index (χ4n) is 3.66. The number of likely N-dealkylation sites (tertiary alicyclic amines) is 1. The minimum Gasteiger partial charge on any atom is -0.444 e. The monoisotopic (exact) mass is 268 g/mol. The van der Waals surface area contributed by atoms with Crippen LogP contribution in [0.15, 0.2) is 0 Å². The molecule has 2 fully saturated rings. The first kappa shape index (κ1) is 14.6. The Morgan fingerprint density at radius 2 is 2.05 bits per heavy atom. The zero-order chi connectivity index (χ0) is 14.1. The lowest BCUT2D eigenvalue weighted by atomic mass is 9.79. The third kappa shape index (κ3) is 3.04. The van der Waals surface area contributed by atoms with E-state index < -0.39 is 5.60 Å². The van der Waals surface area contributed by atoms with Crippen LogP contribution in [0.25, 0.3) is 0 Å². The molecular formula is C15H28N2O2. The largest absolute Gasteiger partial charge is 0.444 e. The second kappa shape index (κ2) is 5.31. The van der Waals surface area contributed by atoms with Gasteiger partial charge in [0.2, 0.25) is 0 Å². The summed E-state index contributed by atoms with van der Waals surface area (Å²) in [6.45, 7) is 9.88. The summed E-state index contributed by atoms with van der Waals surface area (Å²) in [4.78, 5) is 14.4. The van der Waals surface area contributed by atoms with Gasteiger partial charge in [0.15, 0.2) is 0 Å². The molecule has 4 nitrogen and oxygen atoms in total. The summed E-state index contributed by atoms with van der Waals surface area (Å²) >= 11 is 0. The molecule has 0 bridgehead atoms. The Labute approximate surface area is 116 Å². The molecule has 0 radical (unpaired) electrons. The molecule has 0 aromatic rings. The van der Waals surface area contributed by atoms with Crippen LogP contribution in [-0.4, -0.2) is 41.3 Å². The number of carbonyl (C=O) groups excluding carboxylic acids is 1. The van der Waals surface area contributed by atoms with E-state index in [1.54, 1.807) is 0 Å². The van der Waals surface area contributed by atoms with Crippen molar-refractivity contribution in [3.8, 4) is 0 Å². The third-order valence-corrected chi connectivity index (χ3v) is 4.33. The van der Waals surface area contributed by atoms with E-state index in [9.17, 15) is 4.79 Å². The molecule has 2 saturated heterocycles. The second-order valence-corrected chi connectivity index (χ2v) is 6.89. The highest BCUT2D eigenvalue weighted by Crippen LogP contribution is 2.37. The van der Waals surface area contributed by atoms with Crippen LogP contribution in [0.5, 0.6) is 0 Å². The van der Waals surface area contributed by atoms with E-state index in [2.05, 4.69) is 12.2 Å². The molecule has 2 unspecified atom stereocenters. The van der Waals surface area contributed by atoms with Crippen molar-refractivity contribution in [2.75, 3.05) is 13.1 Å². The molecule has 0 saturated carbocycles. The number of hydrogen-bond donors (Lipinski definition) is 1. The van der Waals surface area contributed by atoms with E-state index in [1.807, 2.05) is 25.7 Å². The van der Waals surface area contributed by atoms with E-state index in [-0.39, 0.29) is 17.7 Å². The summed E-state index contributed by atoms with van der Waals surface area (Å²) in [6.07, 6.45) is 5.51. The van der Waals surface area contributed by atoms with Gasteiger partial charge in [-0.3, -0.25) is 0 Å². The molecule has 0 aliphatic carbocycles. The van der Waals surface area contributed by atoms with Gasteiger partial charge in [0.05, 0.1) is 6.04 Å². The molecule has 1 amide bonds. The topological polar surface area (TPSA) is 41.6 Å². The quantitative estimate of drug-likeness (QED) is 0.795. The molecule has 2 rings (SSSR count). The molecule has 1 spiro atoms. The number of hydrogen-bond acceptors (Lipinski definition) is 3. The van der Waals surface area contributed by atoms with Gasteiger partial charge >= 0.3 is 6.09 Å². The van der Waals surface area contributed by atoms with Gasteiger partial charge in [0.1, 0.15) is 5.60 Å². The van der Waals surface area contributed by atoms with Gasteiger partial charge in [-0.25, -0.2) is 4.79 Å². The van der Waals surface area contributed by atoms with Gasteiger partial charge in [0, 0.05) is 12.1 Å². The molecule has 2 aliphatic heterocycles. The molecule has 4 heteroatoms. The minimum atomic E-state index is -0.414. The zero-order valence-corrected chi connectivity index (χ0v) is 12.8. The van der Waals surface area contributed by atoms with Crippen molar-refractivity contribution in [1.82, 2.24) is 10.2 Å². The van der Waals surface area contributed by atoms with Crippen molar-refractivity contribution in [1.29, 1.82) is 0 Å². The van der Waals surface area contributed by atoms with Crippen LogP contribution in [0.2, 0.25) is 0 Å². The minimum absolute atomic E-state index is 0.143. The maximum atomic E-state index is 12.4. The summed E-state index contributed by atoms with van der Waals surface area (Å²) in [6, 6.07) is 0.276. The maximum absolute atomic E-state index is 12.4. The average molecular weight is 268 g/mol. The van der Waals surface area contributed by atoms with Crippen LogP contribution >= 0.6 is 0 Å². The van der Waals surface area contributed by atoms with Crippen molar-refractivity contribution in [2.24, 2.45) is 0 Å². The molecular weight excluding hydrogens is 240 g/mol. The van der Waals surface area contributed by atoms with Crippen LogP contribution in [-0.2, 0) is 4.74 Å². The SMILES string of the molecule is CCC1N(C(=O)OC(C)(C)C)CCCC12CCCN2. The molecule has 110 valence electrons. The van der Waals surface area contributed by atoms with Gasteiger partial charge in [-0.05, 0) is 59.4 Å². The van der Waals surface area contributed by atoms with Crippen LogP contribution in [0.1, 0.15) is 59.8 Å². The number of nitrogens with zero attached hydrogens (tertiary/aromatic N) is 1. The van der Waals surface area contributed by atoms with E-state index in [0.29, 0.717) is 0 Å². The Morgan fingerprint density at radius 3 is 2.58 bits per heavy atom. The Kier molecular flexibility index (Phi) is 4.09. The summed E-state index contributed by atoms with van der Waals surface area (Å²) in [5.74, 6) is 0. The van der Waals surface area contributed by atoms with Crippen LogP contribution in [0.4, 0.5) is 4.79 Å². The number of nitrogens with one attached hydrogen (secondary N) is 1. The summed E-state index contributed by atoms with van der Waals surface area (Å²) in [5, 5.41) is 3.67. The third-order valence-electron chi connectivity index (χ3n) is 4.33. The summed E-state index contributed by atoms with van der Waals surface area (Å²) in [7, 11) is 0. The fraction of sp³-hybridized carbons (Fsp3) is 0.933. The molecule has 19 heavy (non-hydrogen) atoms. The van der Waals surface area contributed by atoms with E-state index in [4.69, 9.17) is 4.74 Å². The van der Waals surface area contributed by atoms with Crippen molar-refractivity contribution in [2.45, 2.75) is 77.0 Å². The summed E-state index contributed by atoms with van der Waals surface area (Å²) < 4.78 is 5.57. The predicted molar refractivity (Wildman–Crippen MR) is 76.2 cm³/mol. The highest BCUT2D eigenvalue weighted by molar-refractivity contribution is 5.69. The van der Waals surface area contributed by atoms with Gasteiger partial charge in [-0.2, -0.15) is 0 Å². The first-order valence-electron chi connectivity index (χ1n) is 7.63. The molecule has 0 aromatic heterocycles. The number of rotatable bonds is 1. The van der Waals surface area contributed by atoms with Crippen molar-refractivity contribution in [3.05, 3.63) is 0 Å². The Morgan fingerprint density at radius 1 is 1.37 bits per heavy atom. The molecule has 1 N–H and O–H groups in total. The number of ether oxygens (including phenoxy) is 1. The smallest absolute Gasteiger partial charge is 0.410 e. The van der Waals surface area contributed by atoms with E-state index >= 15 is 0 Å². The lowest BCUT2D eigenvalue weighted by Gasteiger charge is -2.48. The van der Waals surface area contributed by atoms with Crippen LogP contribution in [0, 0.1) is 0 Å². The first-order valence-corrected chi connectivity index (χ1v) is 7.63. The average Bonchev–Trinajstić information content (AvgIpc) is 2.75. The van der Waals surface area contributed by atoms with Gasteiger partial charge in [-0.1, -0.05) is 6.92 Å². The molecule has 2 heterocycles. The number of piperidine rings is 1. The van der Waals surface area contributed by atoms with Crippen LogP contribution in [0.3, 0.4) is 0 Å². The Bertz CT molecular complexity index is 330. The normalized spacial score (nSPS) is 31.8. The van der Waals surface area contributed by atoms with Gasteiger partial charge < -0.3 is 15.0 Å². The highest BCUT2D eigenvalue weighted by Gasteiger charge is 2.47. The number of carbonyl (C=O) groups is 1. The van der Waals surface area contributed by atoms with E-state index in [1.165, 1.54) is 19.3 Å². The van der Waals surface area contributed by atoms with Gasteiger partial charge in [-0.15, -0.1) is 0 Å². The Balaban J connectivity index is 2.13. The fourth-order valence-corrected chi connectivity index (χ4v) is 3.66. The standard InChI is InChI=1S/C15H28N2O2/c1-5-12-15(8-6-10-16-15)9-7-11-17(12)13(18)19-14(2,3)4/h12,16H,5-11H2,1-4H3. The van der Waals surface area contributed by atoms with Crippen molar-refractivity contribution >= 4 is 6.09 Å². The maximum Gasteiger partial charge on any atom is 0.410 e. The van der Waals surface area contributed by atoms with Crippen molar-refractivity contribution < 1.29 is 9.53 Å². The highest BCUT2D eigenvalue weighted by atomic mass is 16.6. The predicted octanol–water partition coefficient (Wildman–Crippen LogP) is 2.92. The second-order valence-electron chi connectivity index (χ2n) is 6.89. The Hall–Kier alpha value is -0.770. The van der Waals surface area contributed by atoms with E-state index in [0.717, 1.165) is 25.9 Å². The first-order chi connectivity index (χ1) is 8.88. The van der Waals surface area contributed by atoms with Crippen molar-refractivity contribution in [3.63, 3.8) is 0 Å².